The molecule has 0 radical (unpaired) electrons. The van der Waals surface area contributed by atoms with Crippen molar-refractivity contribution < 1.29 is 18.7 Å². The third kappa shape index (κ3) is 4.08. The van der Waals surface area contributed by atoms with Gasteiger partial charge >= 0.3 is 5.97 Å². The zero-order chi connectivity index (χ0) is 16.1. The van der Waals surface area contributed by atoms with Gasteiger partial charge in [-0.2, -0.15) is 0 Å². The number of carbonyl (C=O) groups excluding carboxylic acids is 2. The third-order valence-electron chi connectivity index (χ3n) is 2.99. The van der Waals surface area contributed by atoms with Gasteiger partial charge in [0.05, 0.1) is 5.02 Å². The summed E-state index contributed by atoms with van der Waals surface area (Å²) in [6.07, 6.45) is 1.43. The maximum Gasteiger partial charge on any atom is 0.355 e. The van der Waals surface area contributed by atoms with Gasteiger partial charge in [0.2, 0.25) is 0 Å². The average Bonchev–Trinajstić information content (AvgIpc) is 2.93. The second kappa shape index (κ2) is 7.09. The van der Waals surface area contributed by atoms with Gasteiger partial charge in [0.1, 0.15) is 11.5 Å². The number of aromatic nitrogens is 1. The summed E-state index contributed by atoms with van der Waals surface area (Å²) in [4.78, 5) is 27.5. The summed E-state index contributed by atoms with van der Waals surface area (Å²) in [6, 6.07) is 7.57. The van der Waals surface area contributed by atoms with Crippen LogP contribution in [-0.2, 0) is 16.1 Å². The van der Waals surface area contributed by atoms with E-state index in [1.807, 2.05) is 0 Å². The molecule has 5 nitrogen and oxygen atoms in total. The standard InChI is InChI=1S/C15H14ClFN2O3/c1-19(8-10-4-2-3-5-12(10)17)14(20)9-22-15(21)13-6-11(16)7-18-13/h2-7,18H,8-9H2,1H3. The number of halogens is 2. The van der Waals surface area contributed by atoms with Gasteiger partial charge in [-0.3, -0.25) is 4.79 Å². The largest absolute Gasteiger partial charge is 0.451 e. The first-order valence-electron chi connectivity index (χ1n) is 6.46. The molecule has 0 atom stereocenters. The first-order valence-corrected chi connectivity index (χ1v) is 6.83. The van der Waals surface area contributed by atoms with E-state index in [0.717, 1.165) is 0 Å². The molecule has 1 aromatic carbocycles. The predicted octanol–water partition coefficient (Wildman–Crippen LogP) is 2.62. The van der Waals surface area contributed by atoms with Crippen LogP contribution in [0.3, 0.4) is 0 Å². The van der Waals surface area contributed by atoms with Gasteiger partial charge in [0.15, 0.2) is 6.61 Å². The van der Waals surface area contributed by atoms with E-state index in [0.29, 0.717) is 10.6 Å². The molecule has 0 aliphatic carbocycles. The summed E-state index contributed by atoms with van der Waals surface area (Å²) in [6.45, 7) is -0.336. The van der Waals surface area contributed by atoms with Crippen molar-refractivity contribution in [1.29, 1.82) is 0 Å². The molecule has 0 fully saturated rings. The molecule has 0 bridgehead atoms. The van der Waals surface area contributed by atoms with Gasteiger partial charge in [-0.25, -0.2) is 9.18 Å². The molecular weight excluding hydrogens is 311 g/mol. The van der Waals surface area contributed by atoms with E-state index in [9.17, 15) is 14.0 Å². The summed E-state index contributed by atoms with van der Waals surface area (Å²) in [5, 5.41) is 0.370. The van der Waals surface area contributed by atoms with Crippen molar-refractivity contribution in [2.24, 2.45) is 0 Å². The Hall–Kier alpha value is -2.34. The average molecular weight is 325 g/mol. The topological polar surface area (TPSA) is 62.4 Å². The molecule has 0 aliphatic heterocycles. The van der Waals surface area contributed by atoms with Crippen molar-refractivity contribution in [2.45, 2.75) is 6.54 Å². The van der Waals surface area contributed by atoms with Crippen LogP contribution < -0.4 is 0 Å². The molecule has 0 aliphatic rings. The number of hydrogen-bond donors (Lipinski definition) is 1. The first-order chi connectivity index (χ1) is 10.5. The molecule has 1 amide bonds. The first kappa shape index (κ1) is 16.0. The minimum absolute atomic E-state index is 0.0946. The van der Waals surface area contributed by atoms with Crippen molar-refractivity contribution in [3.05, 3.63) is 58.6 Å². The van der Waals surface area contributed by atoms with E-state index in [1.54, 1.807) is 18.2 Å². The van der Waals surface area contributed by atoms with Crippen LogP contribution in [0.25, 0.3) is 0 Å². The molecule has 2 rings (SSSR count). The predicted molar refractivity (Wildman–Crippen MR) is 79.0 cm³/mol. The van der Waals surface area contributed by atoms with E-state index in [-0.39, 0.29) is 18.1 Å². The summed E-state index contributed by atoms with van der Waals surface area (Å²) >= 11 is 5.67. The fraction of sp³-hybridized carbons (Fsp3) is 0.200. The lowest BCUT2D eigenvalue weighted by Gasteiger charge is -2.17. The second-order valence-corrected chi connectivity index (χ2v) is 5.09. The number of benzene rings is 1. The number of H-pyrrole nitrogens is 1. The van der Waals surface area contributed by atoms with Crippen molar-refractivity contribution in [1.82, 2.24) is 9.88 Å². The summed E-state index contributed by atoms with van der Waals surface area (Å²) < 4.78 is 18.4. The molecule has 1 N–H and O–H groups in total. The van der Waals surface area contributed by atoms with Gasteiger partial charge in [0.25, 0.3) is 5.91 Å². The minimum atomic E-state index is -0.681. The highest BCUT2D eigenvalue weighted by atomic mass is 35.5. The van der Waals surface area contributed by atoms with E-state index in [4.69, 9.17) is 16.3 Å². The number of amides is 1. The molecule has 22 heavy (non-hydrogen) atoms. The third-order valence-corrected chi connectivity index (χ3v) is 3.20. The second-order valence-electron chi connectivity index (χ2n) is 4.65. The van der Waals surface area contributed by atoms with Gasteiger partial charge in [-0.15, -0.1) is 0 Å². The van der Waals surface area contributed by atoms with E-state index >= 15 is 0 Å². The number of ether oxygens (including phenoxy) is 1. The molecular formula is C15H14ClFN2O3. The number of esters is 1. The monoisotopic (exact) mass is 324 g/mol. The summed E-state index contributed by atoms with van der Waals surface area (Å²) in [5.74, 6) is -1.51. The fourth-order valence-electron chi connectivity index (χ4n) is 1.77. The van der Waals surface area contributed by atoms with Gasteiger partial charge < -0.3 is 14.6 Å². The number of likely N-dealkylation sites (N-methyl/N-ethyl adjacent to an activating group) is 1. The zero-order valence-electron chi connectivity index (χ0n) is 11.8. The SMILES string of the molecule is CN(Cc1ccccc1F)C(=O)COC(=O)c1cc(Cl)c[nH]1. The Labute approximate surface area is 131 Å². The number of hydrogen-bond acceptors (Lipinski definition) is 3. The van der Waals surface area contributed by atoms with E-state index in [1.165, 1.54) is 30.3 Å². The Bertz CT molecular complexity index is 687. The van der Waals surface area contributed by atoms with Crippen LogP contribution in [0.1, 0.15) is 16.1 Å². The highest BCUT2D eigenvalue weighted by molar-refractivity contribution is 6.30. The van der Waals surface area contributed by atoms with Crippen LogP contribution in [0.5, 0.6) is 0 Å². The number of nitrogens with zero attached hydrogens (tertiary/aromatic N) is 1. The number of rotatable bonds is 5. The molecule has 0 spiro atoms. The zero-order valence-corrected chi connectivity index (χ0v) is 12.6. The molecule has 0 saturated carbocycles. The quantitative estimate of drug-likeness (QED) is 0.860. The lowest BCUT2D eigenvalue weighted by atomic mass is 10.2. The van der Waals surface area contributed by atoms with Crippen LogP contribution in [-0.4, -0.2) is 35.4 Å². The Balaban J connectivity index is 1.86. The fourth-order valence-corrected chi connectivity index (χ4v) is 1.93. The number of nitrogens with one attached hydrogen (secondary N) is 1. The van der Waals surface area contributed by atoms with Crippen LogP contribution in [0.4, 0.5) is 4.39 Å². The lowest BCUT2D eigenvalue weighted by molar-refractivity contribution is -0.133. The maximum absolute atomic E-state index is 13.5. The van der Waals surface area contributed by atoms with Crippen molar-refractivity contribution in [3.8, 4) is 0 Å². The van der Waals surface area contributed by atoms with Crippen LogP contribution in [0.15, 0.2) is 36.5 Å². The van der Waals surface area contributed by atoms with E-state index < -0.39 is 18.5 Å². The Morgan fingerprint density at radius 2 is 2.09 bits per heavy atom. The van der Waals surface area contributed by atoms with Crippen LogP contribution in [0, 0.1) is 5.82 Å². The Morgan fingerprint density at radius 1 is 1.36 bits per heavy atom. The van der Waals surface area contributed by atoms with Crippen LogP contribution >= 0.6 is 11.6 Å². The number of aromatic amines is 1. The molecule has 0 saturated heterocycles. The van der Waals surface area contributed by atoms with Gasteiger partial charge in [0, 0.05) is 25.4 Å². The summed E-state index contributed by atoms with van der Waals surface area (Å²) in [7, 11) is 1.51. The van der Waals surface area contributed by atoms with E-state index in [2.05, 4.69) is 4.98 Å². The van der Waals surface area contributed by atoms with Crippen molar-refractivity contribution >= 4 is 23.5 Å². The molecule has 1 aromatic heterocycles. The van der Waals surface area contributed by atoms with Crippen LogP contribution in [0.2, 0.25) is 5.02 Å². The molecule has 2 aromatic rings. The maximum atomic E-state index is 13.5. The van der Waals surface area contributed by atoms with Crippen molar-refractivity contribution in [3.63, 3.8) is 0 Å². The highest BCUT2D eigenvalue weighted by Crippen LogP contribution is 2.11. The van der Waals surface area contributed by atoms with Gasteiger partial charge in [-0.05, 0) is 12.1 Å². The normalized spacial score (nSPS) is 10.3. The minimum Gasteiger partial charge on any atom is -0.451 e. The van der Waals surface area contributed by atoms with Gasteiger partial charge in [-0.1, -0.05) is 29.8 Å². The molecule has 116 valence electrons. The highest BCUT2D eigenvalue weighted by Gasteiger charge is 2.15. The Morgan fingerprint density at radius 3 is 2.73 bits per heavy atom. The Kier molecular flexibility index (Phi) is 5.16. The molecule has 0 unspecified atom stereocenters. The molecule has 7 heteroatoms. The molecule has 1 heterocycles. The summed E-state index contributed by atoms with van der Waals surface area (Å²) in [5.41, 5.74) is 0.551. The smallest absolute Gasteiger partial charge is 0.355 e. The number of carbonyl (C=O) groups is 2. The van der Waals surface area contributed by atoms with Crippen molar-refractivity contribution in [2.75, 3.05) is 13.7 Å². The lowest BCUT2D eigenvalue weighted by Crippen LogP contribution is -2.31.